The van der Waals surface area contributed by atoms with E-state index in [0.717, 1.165) is 5.25 Å². The molecule has 11 heavy (non-hydrogen) atoms. The lowest BCUT2D eigenvalue weighted by molar-refractivity contribution is 0.376. The van der Waals surface area contributed by atoms with E-state index in [-0.39, 0.29) is 0 Å². The summed E-state index contributed by atoms with van der Waals surface area (Å²) in [4.78, 5) is 0. The summed E-state index contributed by atoms with van der Waals surface area (Å²) in [5.74, 6) is 1.39. The fraction of sp³-hybridized carbons (Fsp3) is 1.00. The molecule has 0 N–H and O–H groups in total. The molecule has 0 radical (unpaired) electrons. The number of hydrogen-bond acceptors (Lipinski definition) is 1. The number of rotatable bonds is 0. The van der Waals surface area contributed by atoms with Crippen LogP contribution in [0.1, 0.15) is 46.5 Å². The highest BCUT2D eigenvalue weighted by Crippen LogP contribution is 2.36. The summed E-state index contributed by atoms with van der Waals surface area (Å²) in [5, 5.41) is 0.907. The van der Waals surface area contributed by atoms with Gasteiger partial charge in [-0.3, -0.25) is 0 Å². The normalized spacial score (nSPS) is 28.1. The van der Waals surface area contributed by atoms with E-state index in [1.165, 1.54) is 31.4 Å². The van der Waals surface area contributed by atoms with Gasteiger partial charge < -0.3 is 0 Å². The van der Waals surface area contributed by atoms with Crippen molar-refractivity contribution in [2.75, 3.05) is 5.75 Å². The molecule has 1 rings (SSSR count). The topological polar surface area (TPSA) is 0 Å². The third-order valence-electron chi connectivity index (χ3n) is 2.40. The van der Waals surface area contributed by atoms with E-state index < -0.39 is 0 Å². The Hall–Kier alpha value is 0.350. The molecule has 66 valence electrons. The fourth-order valence-corrected chi connectivity index (χ4v) is 3.09. The van der Waals surface area contributed by atoms with Crippen molar-refractivity contribution in [3.63, 3.8) is 0 Å². The van der Waals surface area contributed by atoms with Crippen LogP contribution in [0.4, 0.5) is 0 Å². The summed E-state index contributed by atoms with van der Waals surface area (Å²) in [7, 11) is 0. The summed E-state index contributed by atoms with van der Waals surface area (Å²) >= 11 is 2.19. The maximum absolute atomic E-state index is 2.37. The molecule has 0 aliphatic carbocycles. The Bertz CT molecular complexity index is 105. The van der Waals surface area contributed by atoms with Crippen molar-refractivity contribution in [2.24, 2.45) is 5.41 Å². The summed E-state index contributed by atoms with van der Waals surface area (Å²) in [6.45, 7) is 7.11. The fourth-order valence-electron chi connectivity index (χ4n) is 1.60. The average Bonchev–Trinajstić information content (AvgIpc) is 2.10. The first-order valence-corrected chi connectivity index (χ1v) is 5.77. The Morgan fingerprint density at radius 3 is 2.45 bits per heavy atom. The lowest BCUT2D eigenvalue weighted by Gasteiger charge is -2.28. The van der Waals surface area contributed by atoms with Gasteiger partial charge in [-0.2, -0.15) is 11.8 Å². The van der Waals surface area contributed by atoms with Gasteiger partial charge in [-0.05, 0) is 24.0 Å². The van der Waals surface area contributed by atoms with Crippen molar-refractivity contribution < 1.29 is 0 Å². The van der Waals surface area contributed by atoms with Crippen LogP contribution in [0.2, 0.25) is 0 Å². The first-order chi connectivity index (χ1) is 5.11. The summed E-state index contributed by atoms with van der Waals surface area (Å²) in [6.07, 6.45) is 5.79. The second-order valence-corrected chi connectivity index (χ2v) is 5.89. The lowest BCUT2D eigenvalue weighted by atomic mass is 9.89. The third-order valence-corrected chi connectivity index (χ3v) is 4.27. The SMILES string of the molecule is CC(C)(C)C1CCCCCS1. The van der Waals surface area contributed by atoms with E-state index in [4.69, 9.17) is 0 Å². The molecule has 0 nitrogen and oxygen atoms in total. The van der Waals surface area contributed by atoms with Crippen molar-refractivity contribution in [1.82, 2.24) is 0 Å². The van der Waals surface area contributed by atoms with Gasteiger partial charge in [0.25, 0.3) is 0 Å². The molecule has 0 amide bonds. The van der Waals surface area contributed by atoms with Gasteiger partial charge in [0.2, 0.25) is 0 Å². The average molecular weight is 172 g/mol. The molecule has 1 heterocycles. The zero-order chi connectivity index (χ0) is 8.32. The van der Waals surface area contributed by atoms with Gasteiger partial charge in [-0.15, -0.1) is 0 Å². The standard InChI is InChI=1S/C10H20S/c1-10(2,3)9-7-5-4-6-8-11-9/h9H,4-8H2,1-3H3. The van der Waals surface area contributed by atoms with Crippen LogP contribution in [0.15, 0.2) is 0 Å². The Morgan fingerprint density at radius 1 is 1.09 bits per heavy atom. The van der Waals surface area contributed by atoms with Crippen LogP contribution in [-0.4, -0.2) is 11.0 Å². The molecular weight excluding hydrogens is 152 g/mol. The van der Waals surface area contributed by atoms with Crippen molar-refractivity contribution in [3.05, 3.63) is 0 Å². The van der Waals surface area contributed by atoms with Crippen LogP contribution < -0.4 is 0 Å². The van der Waals surface area contributed by atoms with Crippen LogP contribution in [0.5, 0.6) is 0 Å². The molecule has 1 aliphatic rings. The van der Waals surface area contributed by atoms with E-state index in [1.807, 2.05) is 0 Å². The van der Waals surface area contributed by atoms with Gasteiger partial charge >= 0.3 is 0 Å². The van der Waals surface area contributed by atoms with E-state index in [1.54, 1.807) is 0 Å². The molecule has 1 saturated heterocycles. The maximum Gasteiger partial charge on any atom is 0.00955 e. The predicted octanol–water partition coefficient (Wildman–Crippen LogP) is 3.71. The summed E-state index contributed by atoms with van der Waals surface area (Å²) in [6, 6.07) is 0. The molecule has 0 aromatic rings. The van der Waals surface area contributed by atoms with Crippen molar-refractivity contribution in [3.8, 4) is 0 Å². The molecule has 0 bridgehead atoms. The molecule has 0 spiro atoms. The lowest BCUT2D eigenvalue weighted by Crippen LogP contribution is -2.22. The van der Waals surface area contributed by atoms with Crippen LogP contribution in [0.25, 0.3) is 0 Å². The maximum atomic E-state index is 2.37. The molecule has 1 heteroatoms. The molecule has 1 fully saturated rings. The number of hydrogen-bond donors (Lipinski definition) is 0. The first kappa shape index (κ1) is 9.44. The molecule has 0 saturated carbocycles. The summed E-state index contributed by atoms with van der Waals surface area (Å²) in [5.41, 5.74) is 0.523. The van der Waals surface area contributed by atoms with Gasteiger partial charge in [0, 0.05) is 5.25 Å². The molecule has 1 aliphatic heterocycles. The summed E-state index contributed by atoms with van der Waals surface area (Å²) < 4.78 is 0. The zero-order valence-electron chi connectivity index (χ0n) is 8.02. The quantitative estimate of drug-likeness (QED) is 0.537. The van der Waals surface area contributed by atoms with Gasteiger partial charge in [0.15, 0.2) is 0 Å². The van der Waals surface area contributed by atoms with Crippen LogP contribution in [0, 0.1) is 5.41 Å². The monoisotopic (exact) mass is 172 g/mol. The van der Waals surface area contributed by atoms with Crippen molar-refractivity contribution in [2.45, 2.75) is 51.7 Å². The highest BCUT2D eigenvalue weighted by Gasteiger charge is 2.25. The van der Waals surface area contributed by atoms with Crippen molar-refractivity contribution in [1.29, 1.82) is 0 Å². The highest BCUT2D eigenvalue weighted by molar-refractivity contribution is 7.99. The minimum atomic E-state index is 0.523. The van der Waals surface area contributed by atoms with Gasteiger partial charge in [0.1, 0.15) is 0 Å². The smallest absolute Gasteiger partial charge is 0.00955 e. The minimum absolute atomic E-state index is 0.523. The predicted molar refractivity (Wildman–Crippen MR) is 54.2 cm³/mol. The van der Waals surface area contributed by atoms with Gasteiger partial charge in [-0.25, -0.2) is 0 Å². The van der Waals surface area contributed by atoms with E-state index in [2.05, 4.69) is 32.5 Å². The Kier molecular flexibility index (Phi) is 3.29. The van der Waals surface area contributed by atoms with Crippen LogP contribution in [-0.2, 0) is 0 Å². The molecule has 1 unspecified atom stereocenters. The van der Waals surface area contributed by atoms with Crippen LogP contribution in [0.3, 0.4) is 0 Å². The van der Waals surface area contributed by atoms with Crippen LogP contribution >= 0.6 is 11.8 Å². The second kappa shape index (κ2) is 3.84. The first-order valence-electron chi connectivity index (χ1n) is 4.72. The Labute approximate surface area is 75.1 Å². The Morgan fingerprint density at radius 2 is 1.82 bits per heavy atom. The molecule has 1 atom stereocenters. The molecule has 0 aromatic carbocycles. The van der Waals surface area contributed by atoms with Crippen molar-refractivity contribution >= 4 is 11.8 Å². The molecule has 0 aromatic heterocycles. The third kappa shape index (κ3) is 3.06. The number of thioether (sulfide) groups is 1. The van der Waals surface area contributed by atoms with E-state index in [0.29, 0.717) is 5.41 Å². The van der Waals surface area contributed by atoms with Gasteiger partial charge in [-0.1, -0.05) is 33.6 Å². The zero-order valence-corrected chi connectivity index (χ0v) is 8.84. The van der Waals surface area contributed by atoms with E-state index >= 15 is 0 Å². The van der Waals surface area contributed by atoms with E-state index in [9.17, 15) is 0 Å². The largest absolute Gasteiger partial charge is 0.158 e. The minimum Gasteiger partial charge on any atom is -0.158 e. The molecular formula is C10H20S. The Balaban J connectivity index is 2.43. The highest BCUT2D eigenvalue weighted by atomic mass is 32.2. The van der Waals surface area contributed by atoms with Gasteiger partial charge in [0.05, 0.1) is 0 Å². The second-order valence-electron chi connectivity index (χ2n) is 4.57.